The van der Waals surface area contributed by atoms with E-state index in [-0.39, 0.29) is 0 Å². The Kier molecular flexibility index (Phi) is 4.85. The first-order valence-electron chi connectivity index (χ1n) is 8.02. The number of aryl methyl sites for hydroxylation is 1. The van der Waals surface area contributed by atoms with Crippen molar-refractivity contribution in [3.63, 3.8) is 0 Å². The van der Waals surface area contributed by atoms with Crippen molar-refractivity contribution in [3.8, 4) is 11.5 Å². The molecule has 4 nitrogen and oxygen atoms in total. The zero-order valence-electron chi connectivity index (χ0n) is 14.3. The molecule has 1 aromatic heterocycles. The van der Waals surface area contributed by atoms with Gasteiger partial charge in [-0.1, -0.05) is 24.3 Å². The first-order chi connectivity index (χ1) is 11.7. The van der Waals surface area contributed by atoms with Crippen LogP contribution >= 0.6 is 0 Å². The summed E-state index contributed by atoms with van der Waals surface area (Å²) in [6.45, 7) is 2.86. The number of benzene rings is 2. The van der Waals surface area contributed by atoms with Gasteiger partial charge in [-0.2, -0.15) is 0 Å². The standard InChI is InChI=1S/C20H22N2O2/c1-14-12-18(16-6-4-5-7-17(16)22-14)21-11-10-15-8-9-19(23-2)20(13-15)24-3/h4-9,12-13H,10-11H2,1-3H3,(H,21,22). The minimum absolute atomic E-state index is 0.755. The lowest BCUT2D eigenvalue weighted by atomic mass is 10.1. The van der Waals surface area contributed by atoms with E-state index < -0.39 is 0 Å². The molecule has 1 heterocycles. The molecule has 0 saturated heterocycles. The van der Waals surface area contributed by atoms with Crippen molar-refractivity contribution >= 4 is 16.6 Å². The maximum Gasteiger partial charge on any atom is 0.160 e. The quantitative estimate of drug-likeness (QED) is 0.738. The van der Waals surface area contributed by atoms with Gasteiger partial charge in [0.1, 0.15) is 0 Å². The fourth-order valence-electron chi connectivity index (χ4n) is 2.83. The van der Waals surface area contributed by atoms with E-state index in [0.717, 1.165) is 46.7 Å². The molecular weight excluding hydrogens is 300 g/mol. The fourth-order valence-corrected chi connectivity index (χ4v) is 2.83. The first-order valence-corrected chi connectivity index (χ1v) is 8.02. The molecule has 0 unspecified atom stereocenters. The van der Waals surface area contributed by atoms with Gasteiger partial charge in [-0.15, -0.1) is 0 Å². The summed E-state index contributed by atoms with van der Waals surface area (Å²) >= 11 is 0. The minimum Gasteiger partial charge on any atom is -0.493 e. The zero-order chi connectivity index (χ0) is 16.9. The second-order valence-corrected chi connectivity index (χ2v) is 5.69. The number of methoxy groups -OCH3 is 2. The van der Waals surface area contributed by atoms with E-state index in [2.05, 4.69) is 28.5 Å². The smallest absolute Gasteiger partial charge is 0.160 e. The predicted octanol–water partition coefficient (Wildman–Crippen LogP) is 4.22. The second kappa shape index (κ2) is 7.21. The van der Waals surface area contributed by atoms with Crippen LogP contribution in [-0.4, -0.2) is 25.7 Å². The third-order valence-corrected chi connectivity index (χ3v) is 4.02. The Morgan fingerprint density at radius 1 is 0.958 bits per heavy atom. The Labute approximate surface area is 142 Å². The van der Waals surface area contributed by atoms with Gasteiger partial charge < -0.3 is 14.8 Å². The lowest BCUT2D eigenvalue weighted by Gasteiger charge is -2.12. The molecule has 4 heteroatoms. The summed E-state index contributed by atoms with van der Waals surface area (Å²) < 4.78 is 10.6. The van der Waals surface area contributed by atoms with Crippen LogP contribution in [0.1, 0.15) is 11.3 Å². The minimum atomic E-state index is 0.755. The van der Waals surface area contributed by atoms with Gasteiger partial charge in [-0.25, -0.2) is 0 Å². The van der Waals surface area contributed by atoms with Gasteiger partial charge >= 0.3 is 0 Å². The Bertz CT molecular complexity index is 846. The number of fused-ring (bicyclic) bond motifs is 1. The molecule has 0 aliphatic carbocycles. The van der Waals surface area contributed by atoms with Crippen LogP contribution in [0.2, 0.25) is 0 Å². The third-order valence-electron chi connectivity index (χ3n) is 4.02. The van der Waals surface area contributed by atoms with E-state index in [9.17, 15) is 0 Å². The van der Waals surface area contributed by atoms with E-state index in [1.54, 1.807) is 14.2 Å². The van der Waals surface area contributed by atoms with Gasteiger partial charge in [-0.05, 0) is 43.2 Å². The number of rotatable bonds is 6. The van der Waals surface area contributed by atoms with Crippen LogP contribution in [0.5, 0.6) is 11.5 Å². The summed E-state index contributed by atoms with van der Waals surface area (Å²) in [5.41, 5.74) is 4.36. The Morgan fingerprint density at radius 3 is 2.54 bits per heavy atom. The highest BCUT2D eigenvalue weighted by atomic mass is 16.5. The predicted molar refractivity (Wildman–Crippen MR) is 98.2 cm³/mol. The van der Waals surface area contributed by atoms with Gasteiger partial charge in [-0.3, -0.25) is 4.98 Å². The lowest BCUT2D eigenvalue weighted by Crippen LogP contribution is -2.06. The average Bonchev–Trinajstić information content (AvgIpc) is 2.61. The SMILES string of the molecule is COc1ccc(CCNc2cc(C)nc3ccccc23)cc1OC. The largest absolute Gasteiger partial charge is 0.493 e. The van der Waals surface area contributed by atoms with E-state index in [0.29, 0.717) is 0 Å². The number of ether oxygens (including phenoxy) is 2. The van der Waals surface area contributed by atoms with E-state index >= 15 is 0 Å². The number of para-hydroxylation sites is 1. The van der Waals surface area contributed by atoms with Crippen LogP contribution in [0, 0.1) is 6.92 Å². The fraction of sp³-hybridized carbons (Fsp3) is 0.250. The van der Waals surface area contributed by atoms with Crippen molar-refractivity contribution in [2.75, 3.05) is 26.1 Å². The third kappa shape index (κ3) is 3.43. The molecule has 1 N–H and O–H groups in total. The molecule has 0 radical (unpaired) electrons. The van der Waals surface area contributed by atoms with Crippen LogP contribution in [-0.2, 0) is 6.42 Å². The number of aromatic nitrogens is 1. The molecule has 2 aromatic carbocycles. The Balaban J connectivity index is 1.73. The topological polar surface area (TPSA) is 43.4 Å². The van der Waals surface area contributed by atoms with Crippen molar-refractivity contribution < 1.29 is 9.47 Å². The van der Waals surface area contributed by atoms with Gasteiger partial charge in [0.15, 0.2) is 11.5 Å². The van der Waals surface area contributed by atoms with Crippen molar-refractivity contribution in [2.24, 2.45) is 0 Å². The van der Waals surface area contributed by atoms with Gasteiger partial charge in [0, 0.05) is 23.3 Å². The Morgan fingerprint density at radius 2 is 1.75 bits per heavy atom. The molecule has 124 valence electrons. The molecular formula is C20H22N2O2. The van der Waals surface area contributed by atoms with Crippen molar-refractivity contribution in [3.05, 3.63) is 59.8 Å². The maximum absolute atomic E-state index is 5.36. The van der Waals surface area contributed by atoms with Crippen LogP contribution in [0.3, 0.4) is 0 Å². The second-order valence-electron chi connectivity index (χ2n) is 5.69. The Hall–Kier alpha value is -2.75. The zero-order valence-corrected chi connectivity index (χ0v) is 14.3. The van der Waals surface area contributed by atoms with Gasteiger partial charge in [0.2, 0.25) is 0 Å². The first kappa shape index (κ1) is 16.1. The number of anilines is 1. The molecule has 24 heavy (non-hydrogen) atoms. The van der Waals surface area contributed by atoms with Crippen molar-refractivity contribution in [1.29, 1.82) is 0 Å². The molecule has 0 aliphatic heterocycles. The lowest BCUT2D eigenvalue weighted by molar-refractivity contribution is 0.354. The number of pyridine rings is 1. The highest BCUT2D eigenvalue weighted by Gasteiger charge is 2.06. The summed E-state index contributed by atoms with van der Waals surface area (Å²) in [6.07, 6.45) is 0.899. The molecule has 0 atom stereocenters. The van der Waals surface area contributed by atoms with Crippen molar-refractivity contribution in [2.45, 2.75) is 13.3 Å². The van der Waals surface area contributed by atoms with Crippen molar-refractivity contribution in [1.82, 2.24) is 4.98 Å². The van der Waals surface area contributed by atoms with E-state index in [4.69, 9.17) is 9.47 Å². The average molecular weight is 322 g/mol. The van der Waals surface area contributed by atoms with E-state index in [1.165, 1.54) is 5.56 Å². The molecule has 0 bridgehead atoms. The molecule has 3 rings (SSSR count). The molecule has 0 amide bonds. The van der Waals surface area contributed by atoms with E-state index in [1.807, 2.05) is 37.3 Å². The molecule has 3 aromatic rings. The van der Waals surface area contributed by atoms with Crippen LogP contribution in [0.4, 0.5) is 5.69 Å². The molecule has 0 saturated carbocycles. The van der Waals surface area contributed by atoms with Gasteiger partial charge in [0.05, 0.1) is 19.7 Å². The summed E-state index contributed by atoms with van der Waals surface area (Å²) in [4.78, 5) is 4.57. The molecule has 0 aliphatic rings. The number of nitrogens with one attached hydrogen (secondary N) is 1. The van der Waals surface area contributed by atoms with Crippen LogP contribution in [0.15, 0.2) is 48.5 Å². The number of hydrogen-bond donors (Lipinski definition) is 1. The van der Waals surface area contributed by atoms with Crippen LogP contribution in [0.25, 0.3) is 10.9 Å². The maximum atomic E-state index is 5.36. The summed E-state index contributed by atoms with van der Waals surface area (Å²) in [7, 11) is 3.31. The summed E-state index contributed by atoms with van der Waals surface area (Å²) in [5.74, 6) is 1.52. The van der Waals surface area contributed by atoms with Crippen LogP contribution < -0.4 is 14.8 Å². The summed E-state index contributed by atoms with van der Waals surface area (Å²) in [5, 5.41) is 4.68. The monoisotopic (exact) mass is 322 g/mol. The highest BCUT2D eigenvalue weighted by molar-refractivity contribution is 5.91. The van der Waals surface area contributed by atoms with Gasteiger partial charge in [0.25, 0.3) is 0 Å². The number of hydrogen-bond acceptors (Lipinski definition) is 4. The number of nitrogens with zero attached hydrogens (tertiary/aromatic N) is 1. The summed E-state index contributed by atoms with van der Waals surface area (Å²) in [6, 6.07) is 16.3. The normalized spacial score (nSPS) is 10.6. The molecule has 0 fully saturated rings. The molecule has 0 spiro atoms. The highest BCUT2D eigenvalue weighted by Crippen LogP contribution is 2.28.